The number of hydrogen-bond acceptors (Lipinski definition) is 7. The molecule has 2 aromatic rings. The van der Waals surface area contributed by atoms with Crippen molar-refractivity contribution in [2.24, 2.45) is 11.8 Å². The van der Waals surface area contributed by atoms with Crippen molar-refractivity contribution in [2.75, 3.05) is 38.8 Å². The number of halogens is 1. The zero-order chi connectivity index (χ0) is 27.1. The first-order valence-electron chi connectivity index (χ1n) is 14.0. The zero-order valence-corrected chi connectivity index (χ0v) is 23.4. The van der Waals surface area contributed by atoms with Gasteiger partial charge in [0.2, 0.25) is 0 Å². The number of fused-ring (bicyclic) bond motifs is 3. The van der Waals surface area contributed by atoms with E-state index in [0.717, 1.165) is 61.7 Å². The van der Waals surface area contributed by atoms with Crippen LogP contribution in [0.15, 0.2) is 36.4 Å². The van der Waals surface area contributed by atoms with E-state index in [1.807, 2.05) is 18.2 Å². The van der Waals surface area contributed by atoms with Crippen LogP contribution in [-0.4, -0.2) is 58.1 Å². The Hall–Kier alpha value is -2.61. The van der Waals surface area contributed by atoms with Crippen LogP contribution in [0.4, 0.5) is 5.69 Å². The van der Waals surface area contributed by atoms with Crippen LogP contribution in [0.5, 0.6) is 5.75 Å². The average Bonchev–Trinajstić information content (AvgIpc) is 3.07. The lowest BCUT2D eigenvalue weighted by molar-refractivity contribution is -0.204. The van der Waals surface area contributed by atoms with Gasteiger partial charge in [0.15, 0.2) is 6.29 Å². The maximum atomic E-state index is 12.5. The largest absolute Gasteiger partial charge is 0.490 e. The summed E-state index contributed by atoms with van der Waals surface area (Å²) in [4.78, 5) is 27.3. The summed E-state index contributed by atoms with van der Waals surface area (Å²) in [7, 11) is 3.00. The molecule has 8 heteroatoms. The number of rotatable bonds is 5. The first kappa shape index (κ1) is 26.6. The van der Waals surface area contributed by atoms with Gasteiger partial charge in [0.05, 0.1) is 37.5 Å². The van der Waals surface area contributed by atoms with Gasteiger partial charge < -0.3 is 23.8 Å². The normalized spacial score (nSPS) is 30.0. The van der Waals surface area contributed by atoms with Gasteiger partial charge in [-0.1, -0.05) is 17.7 Å². The Morgan fingerprint density at radius 2 is 2.03 bits per heavy atom. The minimum atomic E-state index is -0.457. The standard InChI is InChI=1S/C31H36ClNO6/c1-36-29-15-23(34)14-28(39-29)24-8-5-21(24)16-33-17-31(11-3-4-19-12-22(32)7-9-25(19)31)18-38-27-10-6-20(13-26(27)33)30(35)37-2/h6-7,9-10,12-13,21,24,28-29H,3-5,8,11,14-18H2,1-2H3/t21?,24?,28?,29?,31-/m0/s1. The first-order valence-corrected chi connectivity index (χ1v) is 14.4. The van der Waals surface area contributed by atoms with Gasteiger partial charge >= 0.3 is 5.97 Å². The van der Waals surface area contributed by atoms with Crippen LogP contribution in [0.2, 0.25) is 5.02 Å². The third-order valence-corrected chi connectivity index (χ3v) is 9.51. The first-order chi connectivity index (χ1) is 18.9. The van der Waals surface area contributed by atoms with E-state index < -0.39 is 6.29 Å². The van der Waals surface area contributed by atoms with Crippen molar-refractivity contribution in [2.45, 2.75) is 62.8 Å². The summed E-state index contributed by atoms with van der Waals surface area (Å²) in [5, 5.41) is 0.761. The highest BCUT2D eigenvalue weighted by molar-refractivity contribution is 6.30. The molecule has 2 aliphatic heterocycles. The van der Waals surface area contributed by atoms with Crippen molar-refractivity contribution in [3.05, 3.63) is 58.1 Å². The molecule has 4 unspecified atom stereocenters. The molecule has 1 saturated carbocycles. The van der Waals surface area contributed by atoms with Crippen LogP contribution in [0, 0.1) is 11.8 Å². The molecule has 208 valence electrons. The molecule has 4 aliphatic rings. The molecule has 7 nitrogen and oxygen atoms in total. The molecule has 0 N–H and O–H groups in total. The molecule has 5 atom stereocenters. The molecule has 39 heavy (non-hydrogen) atoms. The number of ether oxygens (including phenoxy) is 4. The number of ketones is 1. The van der Waals surface area contributed by atoms with Gasteiger partial charge in [-0.05, 0) is 85.4 Å². The number of esters is 1. The highest BCUT2D eigenvalue weighted by Gasteiger charge is 2.46. The number of benzene rings is 2. The topological polar surface area (TPSA) is 74.3 Å². The highest BCUT2D eigenvalue weighted by atomic mass is 35.5. The number of aryl methyl sites for hydroxylation is 1. The van der Waals surface area contributed by atoms with E-state index in [4.69, 9.17) is 30.5 Å². The SMILES string of the molecule is COC(=O)c1ccc2c(c1)N(CC1CCC1C1CC(=O)CC(OC)O1)C[C@@]1(CCCc3cc(Cl)ccc31)CO2. The molecule has 1 spiro atoms. The van der Waals surface area contributed by atoms with Crippen LogP contribution in [0.1, 0.15) is 60.0 Å². The van der Waals surface area contributed by atoms with Crippen LogP contribution in [0.3, 0.4) is 0 Å². The van der Waals surface area contributed by atoms with Gasteiger partial charge in [-0.15, -0.1) is 0 Å². The molecule has 0 amide bonds. The molecular weight excluding hydrogens is 518 g/mol. The summed E-state index contributed by atoms with van der Waals surface area (Å²) in [5.74, 6) is 1.26. The summed E-state index contributed by atoms with van der Waals surface area (Å²) >= 11 is 6.38. The average molecular weight is 554 g/mol. The van der Waals surface area contributed by atoms with Gasteiger partial charge in [0.1, 0.15) is 11.5 Å². The van der Waals surface area contributed by atoms with Crippen molar-refractivity contribution < 1.29 is 28.5 Å². The molecular formula is C31H36ClNO6. The zero-order valence-electron chi connectivity index (χ0n) is 22.6. The number of carbonyl (C=O) groups is 2. The number of nitrogens with zero attached hydrogens (tertiary/aromatic N) is 1. The van der Waals surface area contributed by atoms with Crippen LogP contribution >= 0.6 is 11.6 Å². The summed E-state index contributed by atoms with van der Waals surface area (Å²) in [6.45, 7) is 2.13. The molecule has 2 aromatic carbocycles. The number of hydrogen-bond donors (Lipinski definition) is 0. The van der Waals surface area contributed by atoms with Crippen molar-refractivity contribution in [3.63, 3.8) is 0 Å². The Morgan fingerprint density at radius 3 is 2.79 bits per heavy atom. The van der Waals surface area contributed by atoms with Crippen LogP contribution in [-0.2, 0) is 30.8 Å². The van der Waals surface area contributed by atoms with E-state index >= 15 is 0 Å². The number of Topliss-reactive ketones (excluding diaryl/α,β-unsaturated/α-hetero) is 1. The Labute approximate surface area is 234 Å². The van der Waals surface area contributed by atoms with E-state index in [1.54, 1.807) is 13.2 Å². The second-order valence-corrected chi connectivity index (χ2v) is 12.0. The molecule has 0 radical (unpaired) electrons. The fourth-order valence-electron chi connectivity index (χ4n) is 7.13. The molecule has 2 fully saturated rings. The van der Waals surface area contributed by atoms with E-state index in [2.05, 4.69) is 17.0 Å². The molecule has 2 aliphatic carbocycles. The second kappa shape index (κ2) is 10.8. The smallest absolute Gasteiger partial charge is 0.337 e. The van der Waals surface area contributed by atoms with E-state index in [-0.39, 0.29) is 29.2 Å². The fraction of sp³-hybridized carbons (Fsp3) is 0.548. The van der Waals surface area contributed by atoms with Crippen molar-refractivity contribution in [1.82, 2.24) is 0 Å². The monoisotopic (exact) mass is 553 g/mol. The van der Waals surface area contributed by atoms with Gasteiger partial charge in [0, 0.05) is 37.1 Å². The summed E-state index contributed by atoms with van der Waals surface area (Å²) in [6.07, 6.45) is 5.39. The summed E-state index contributed by atoms with van der Waals surface area (Å²) in [6, 6.07) is 11.8. The molecule has 6 rings (SSSR count). The van der Waals surface area contributed by atoms with Crippen LogP contribution < -0.4 is 9.64 Å². The Kier molecular flexibility index (Phi) is 7.34. The summed E-state index contributed by atoms with van der Waals surface area (Å²) < 4.78 is 23.2. The summed E-state index contributed by atoms with van der Waals surface area (Å²) in [5.41, 5.74) is 3.82. The van der Waals surface area contributed by atoms with Crippen molar-refractivity contribution in [3.8, 4) is 5.75 Å². The second-order valence-electron chi connectivity index (χ2n) is 11.6. The Morgan fingerprint density at radius 1 is 1.15 bits per heavy atom. The third kappa shape index (κ3) is 5.05. The quantitative estimate of drug-likeness (QED) is 0.462. The Bertz CT molecular complexity index is 1270. The lowest BCUT2D eigenvalue weighted by Gasteiger charge is -2.47. The van der Waals surface area contributed by atoms with E-state index in [1.165, 1.54) is 18.2 Å². The number of carbonyl (C=O) groups excluding carboxylic acids is 2. The minimum absolute atomic E-state index is 0.120. The van der Waals surface area contributed by atoms with Gasteiger partial charge in [0.25, 0.3) is 0 Å². The Balaban J connectivity index is 1.34. The lowest BCUT2D eigenvalue weighted by Crippen LogP contribution is -2.51. The van der Waals surface area contributed by atoms with Crippen molar-refractivity contribution in [1.29, 1.82) is 0 Å². The van der Waals surface area contributed by atoms with E-state index in [0.29, 0.717) is 30.9 Å². The lowest BCUT2D eigenvalue weighted by atomic mass is 9.67. The molecule has 2 heterocycles. The van der Waals surface area contributed by atoms with Gasteiger partial charge in [-0.3, -0.25) is 4.79 Å². The fourth-order valence-corrected chi connectivity index (χ4v) is 7.32. The van der Waals surface area contributed by atoms with Gasteiger partial charge in [-0.25, -0.2) is 4.79 Å². The molecule has 0 bridgehead atoms. The van der Waals surface area contributed by atoms with E-state index in [9.17, 15) is 9.59 Å². The predicted molar refractivity (Wildman–Crippen MR) is 148 cm³/mol. The maximum Gasteiger partial charge on any atom is 0.337 e. The van der Waals surface area contributed by atoms with Gasteiger partial charge in [-0.2, -0.15) is 0 Å². The van der Waals surface area contributed by atoms with Crippen LogP contribution in [0.25, 0.3) is 0 Å². The highest BCUT2D eigenvalue weighted by Crippen LogP contribution is 2.47. The third-order valence-electron chi connectivity index (χ3n) is 9.28. The maximum absolute atomic E-state index is 12.5. The van der Waals surface area contributed by atoms with Crippen molar-refractivity contribution >= 4 is 29.0 Å². The molecule has 0 aromatic heterocycles. The number of methoxy groups -OCH3 is 2. The predicted octanol–water partition coefficient (Wildman–Crippen LogP) is 5.35. The number of anilines is 1. The molecule has 1 saturated heterocycles. The minimum Gasteiger partial charge on any atom is -0.490 e.